The number of carbonyl (C=O) groups excluding carboxylic acids is 2. The normalized spacial score (nSPS) is 14.4. The van der Waals surface area contributed by atoms with Gasteiger partial charge in [0.25, 0.3) is 0 Å². The van der Waals surface area contributed by atoms with Crippen LogP contribution in [0, 0.1) is 0 Å². The maximum absolute atomic E-state index is 11.6. The molecule has 148 valence electrons. The first-order valence-corrected chi connectivity index (χ1v) is 16.6. The van der Waals surface area contributed by atoms with Gasteiger partial charge in [0, 0.05) is 6.42 Å². The molecule has 0 spiro atoms. The molecule has 0 fully saturated rings. The number of hydrogen-bond donors (Lipinski definition) is 0. The van der Waals surface area contributed by atoms with Crippen molar-refractivity contribution in [3.8, 4) is 0 Å². The van der Waals surface area contributed by atoms with Gasteiger partial charge in [0.15, 0.2) is 14.8 Å². The Labute approximate surface area is 161 Å². The van der Waals surface area contributed by atoms with E-state index in [0.29, 0.717) is 19.3 Å². The second-order valence-corrected chi connectivity index (χ2v) is 20.1. The molecule has 0 saturated carbocycles. The van der Waals surface area contributed by atoms with E-state index in [1.807, 2.05) is 40.0 Å². The van der Waals surface area contributed by atoms with E-state index in [2.05, 4.69) is 0 Å². The van der Waals surface area contributed by atoms with Crippen molar-refractivity contribution in [1.82, 2.24) is 0 Å². The Morgan fingerprint density at radius 2 is 1.12 bits per heavy atom. The van der Waals surface area contributed by atoms with Gasteiger partial charge in [-0.2, -0.15) is 22.2 Å². The van der Waals surface area contributed by atoms with Crippen LogP contribution in [0.3, 0.4) is 0 Å². The van der Waals surface area contributed by atoms with Crippen molar-refractivity contribution in [3.05, 3.63) is 0 Å². The Morgan fingerprint density at radius 3 is 1.36 bits per heavy atom. The third kappa shape index (κ3) is 11.0. The van der Waals surface area contributed by atoms with Crippen LogP contribution in [-0.2, 0) is 18.9 Å². The molecule has 0 aromatic rings. The van der Waals surface area contributed by atoms with Crippen LogP contribution >= 0.6 is 22.2 Å². The fourth-order valence-corrected chi connectivity index (χ4v) is 5.98. The third-order valence-electron chi connectivity index (χ3n) is 3.48. The average molecular weight is 433 g/mol. The average Bonchev–Trinajstić information content (AvgIpc) is 2.47. The molecule has 0 rings (SSSR count). The highest BCUT2D eigenvalue weighted by molar-refractivity contribution is 7.20. The van der Waals surface area contributed by atoms with Crippen molar-refractivity contribution in [3.63, 3.8) is 0 Å². The first-order chi connectivity index (χ1) is 11.4. The van der Waals surface area contributed by atoms with Crippen molar-refractivity contribution >= 4 is 49.2 Å². The molecular formula is C15H30Cl2O6Si2. The second kappa shape index (κ2) is 11.3. The minimum absolute atomic E-state index is 0.0831. The van der Waals surface area contributed by atoms with Crippen molar-refractivity contribution < 1.29 is 28.5 Å². The van der Waals surface area contributed by atoms with Crippen molar-refractivity contribution in [2.75, 3.05) is 13.2 Å². The molecule has 10 heteroatoms. The summed E-state index contributed by atoms with van der Waals surface area (Å²) >= 11 is 12.6. The molecule has 0 heterocycles. The lowest BCUT2D eigenvalue weighted by Crippen LogP contribution is -2.39. The third-order valence-corrected chi connectivity index (χ3v) is 9.05. The molecule has 0 aliphatic carbocycles. The molecule has 2 unspecified atom stereocenters. The molecule has 0 N–H and O–H groups in total. The van der Waals surface area contributed by atoms with E-state index in [4.69, 9.17) is 41.1 Å². The minimum Gasteiger partial charge on any atom is -0.434 e. The van der Waals surface area contributed by atoms with Gasteiger partial charge in [-0.05, 0) is 12.8 Å². The van der Waals surface area contributed by atoms with Gasteiger partial charge >= 0.3 is 12.3 Å². The van der Waals surface area contributed by atoms with Gasteiger partial charge in [-0.15, -0.1) is 0 Å². The monoisotopic (exact) mass is 432 g/mol. The summed E-state index contributed by atoms with van der Waals surface area (Å²) in [6, 6.07) is 0. The number of hydrogen-bond acceptors (Lipinski definition) is 6. The highest BCUT2D eigenvalue weighted by Gasteiger charge is 2.33. The van der Waals surface area contributed by atoms with Crippen LogP contribution in [0.4, 0.5) is 9.59 Å². The Morgan fingerprint density at radius 1 is 0.800 bits per heavy atom. The summed E-state index contributed by atoms with van der Waals surface area (Å²) in [6.07, 6.45) is 0.131. The summed E-state index contributed by atoms with van der Waals surface area (Å²) in [4.78, 5) is 23.3. The lowest BCUT2D eigenvalue weighted by atomic mass is 10.5. The molecule has 0 aliphatic rings. The summed E-state index contributed by atoms with van der Waals surface area (Å²) in [7, 11) is -4.20. The number of ether oxygens (including phenoxy) is 4. The quantitative estimate of drug-likeness (QED) is 0.204. The van der Waals surface area contributed by atoms with E-state index < -0.39 is 27.1 Å². The molecule has 0 saturated heterocycles. The molecule has 0 aliphatic heterocycles. The summed E-state index contributed by atoms with van der Waals surface area (Å²) < 4.78 is 20.4. The van der Waals surface area contributed by atoms with Gasteiger partial charge in [0.05, 0.1) is 13.2 Å². The zero-order chi connectivity index (χ0) is 19.7. The topological polar surface area (TPSA) is 71.1 Å². The van der Waals surface area contributed by atoms with Crippen LogP contribution < -0.4 is 0 Å². The molecule has 0 aromatic heterocycles. The maximum atomic E-state index is 11.6. The van der Waals surface area contributed by atoms with Crippen LogP contribution in [0.25, 0.3) is 0 Å². The van der Waals surface area contributed by atoms with E-state index in [-0.39, 0.29) is 24.7 Å². The molecule has 0 radical (unpaired) electrons. The van der Waals surface area contributed by atoms with Crippen LogP contribution in [0.5, 0.6) is 0 Å². The highest BCUT2D eigenvalue weighted by atomic mass is 35.6. The van der Waals surface area contributed by atoms with Gasteiger partial charge in [0.1, 0.15) is 11.5 Å². The van der Waals surface area contributed by atoms with Gasteiger partial charge in [-0.25, -0.2) is 9.59 Å². The van der Waals surface area contributed by atoms with E-state index in [1.54, 1.807) is 0 Å². The standard InChI is InChI=1S/C15H30Cl2O6Si2/c1-7-12(24(3,4)16)22-14(18)20-10-9-11-21-15(19)23-13(8-2)25(5,6)17/h12-13H,7-11H2,1-6H3. The molecular weight excluding hydrogens is 403 g/mol. The van der Waals surface area contributed by atoms with Crippen LogP contribution in [-0.4, -0.2) is 51.7 Å². The summed E-state index contributed by atoms with van der Waals surface area (Å²) in [5.41, 5.74) is -0.608. The van der Waals surface area contributed by atoms with Crippen LogP contribution in [0.15, 0.2) is 0 Å². The van der Waals surface area contributed by atoms with Gasteiger partial charge in [-0.1, -0.05) is 40.0 Å². The fraction of sp³-hybridized carbons (Fsp3) is 0.867. The molecule has 2 atom stereocenters. The predicted octanol–water partition coefficient (Wildman–Crippen LogP) is 5.21. The number of carbonyl (C=O) groups is 2. The first kappa shape index (κ1) is 24.6. The predicted molar refractivity (Wildman–Crippen MR) is 104 cm³/mol. The van der Waals surface area contributed by atoms with Gasteiger partial charge < -0.3 is 18.9 Å². The molecule has 6 nitrogen and oxygen atoms in total. The van der Waals surface area contributed by atoms with Crippen LogP contribution in [0.1, 0.15) is 33.1 Å². The Hall–Kier alpha value is -0.446. The van der Waals surface area contributed by atoms with Crippen molar-refractivity contribution in [2.24, 2.45) is 0 Å². The fourth-order valence-electron chi connectivity index (χ4n) is 2.09. The molecule has 25 heavy (non-hydrogen) atoms. The number of rotatable bonds is 10. The summed E-state index contributed by atoms with van der Waals surface area (Å²) in [6.45, 7) is 11.6. The largest absolute Gasteiger partial charge is 0.508 e. The van der Waals surface area contributed by atoms with Gasteiger partial charge in [-0.3, -0.25) is 0 Å². The maximum Gasteiger partial charge on any atom is 0.508 e. The van der Waals surface area contributed by atoms with E-state index in [0.717, 1.165) is 0 Å². The van der Waals surface area contributed by atoms with E-state index in [9.17, 15) is 9.59 Å². The zero-order valence-corrected chi connectivity index (χ0v) is 19.4. The van der Waals surface area contributed by atoms with Crippen LogP contribution in [0.2, 0.25) is 26.2 Å². The molecule has 0 bridgehead atoms. The highest BCUT2D eigenvalue weighted by Crippen LogP contribution is 2.20. The first-order valence-electron chi connectivity index (χ1n) is 8.46. The lowest BCUT2D eigenvalue weighted by Gasteiger charge is -2.24. The Kier molecular flexibility index (Phi) is 11.1. The summed E-state index contributed by atoms with van der Waals surface area (Å²) in [5, 5.41) is 0. The van der Waals surface area contributed by atoms with Gasteiger partial charge in [0.2, 0.25) is 0 Å². The zero-order valence-electron chi connectivity index (χ0n) is 15.9. The minimum atomic E-state index is -2.10. The van der Waals surface area contributed by atoms with Crippen molar-refractivity contribution in [2.45, 2.75) is 70.8 Å². The molecule has 0 aromatic carbocycles. The molecule has 0 amide bonds. The summed E-state index contributed by atoms with van der Waals surface area (Å²) in [5.74, 6) is 0. The second-order valence-electron chi connectivity index (χ2n) is 6.71. The smallest absolute Gasteiger partial charge is 0.434 e. The SMILES string of the molecule is CCC(OC(=O)OCCCOC(=O)OC(CC)[Si](C)(C)Cl)[Si](C)(C)Cl. The number of halogens is 2. The Balaban J connectivity index is 3.99. The van der Waals surface area contributed by atoms with Crippen molar-refractivity contribution in [1.29, 1.82) is 0 Å². The lowest BCUT2D eigenvalue weighted by molar-refractivity contribution is 0.0258. The van der Waals surface area contributed by atoms with E-state index in [1.165, 1.54) is 0 Å². The van der Waals surface area contributed by atoms with E-state index >= 15 is 0 Å². The Bertz CT molecular complexity index is 385.